The fourth-order valence-corrected chi connectivity index (χ4v) is 2.49. The van der Waals surface area contributed by atoms with Gasteiger partial charge in [-0.15, -0.1) is 0 Å². The van der Waals surface area contributed by atoms with Crippen molar-refractivity contribution in [3.05, 3.63) is 30.1 Å². The highest BCUT2D eigenvalue weighted by molar-refractivity contribution is 5.23. The number of nitrogens with one attached hydrogen (secondary N) is 1. The number of nitrogens with zero attached hydrogens (tertiary/aromatic N) is 1. The van der Waals surface area contributed by atoms with Gasteiger partial charge in [0.05, 0.1) is 0 Å². The molecule has 1 aliphatic rings. The molecule has 1 aromatic rings. The van der Waals surface area contributed by atoms with Gasteiger partial charge in [-0.05, 0) is 51.0 Å². The van der Waals surface area contributed by atoms with Crippen molar-refractivity contribution in [2.45, 2.75) is 12.8 Å². The highest BCUT2D eigenvalue weighted by Gasteiger charge is 2.14. The van der Waals surface area contributed by atoms with Crippen LogP contribution in [0.25, 0.3) is 0 Å². The topological polar surface area (TPSA) is 24.5 Å². The van der Waals surface area contributed by atoms with Crippen LogP contribution in [-0.4, -0.2) is 44.7 Å². The third kappa shape index (κ3) is 4.80. The van der Waals surface area contributed by atoms with Crippen molar-refractivity contribution >= 4 is 0 Å². The van der Waals surface area contributed by atoms with Crippen molar-refractivity contribution in [2.24, 2.45) is 5.92 Å². The third-order valence-corrected chi connectivity index (χ3v) is 3.54. The van der Waals surface area contributed by atoms with Gasteiger partial charge in [-0.3, -0.25) is 0 Å². The monoisotopic (exact) mass is 266 g/mol. The highest BCUT2D eigenvalue weighted by Crippen LogP contribution is 2.15. The summed E-state index contributed by atoms with van der Waals surface area (Å²) in [5.41, 5.74) is 0. The highest BCUT2D eigenvalue weighted by atomic mass is 19.1. The van der Waals surface area contributed by atoms with E-state index in [1.807, 2.05) is 0 Å². The second kappa shape index (κ2) is 7.46. The molecule has 1 aliphatic heterocycles. The van der Waals surface area contributed by atoms with Crippen LogP contribution < -0.4 is 10.1 Å². The molecule has 0 spiro atoms. The molecule has 0 aliphatic carbocycles. The summed E-state index contributed by atoms with van der Waals surface area (Å²) in [5, 5.41) is 3.42. The van der Waals surface area contributed by atoms with Gasteiger partial charge in [0.15, 0.2) is 11.6 Å². The minimum atomic E-state index is -0.290. The normalized spacial score (nSPS) is 19.6. The molecule has 0 amide bonds. The molecule has 0 saturated carbocycles. The molecule has 1 saturated heterocycles. The molecule has 1 atom stereocenters. The van der Waals surface area contributed by atoms with Gasteiger partial charge in [-0.1, -0.05) is 12.1 Å². The maximum Gasteiger partial charge on any atom is 0.165 e. The number of rotatable bonds is 6. The second-order valence-corrected chi connectivity index (χ2v) is 5.25. The average Bonchev–Trinajstić information content (AvgIpc) is 2.42. The molecular formula is C15H23FN2O. The van der Waals surface area contributed by atoms with E-state index in [-0.39, 0.29) is 5.82 Å². The quantitative estimate of drug-likeness (QED) is 0.853. The molecule has 0 radical (unpaired) electrons. The predicted molar refractivity (Wildman–Crippen MR) is 75.0 cm³/mol. The molecule has 0 aromatic heterocycles. The Hall–Kier alpha value is -1.13. The summed E-state index contributed by atoms with van der Waals surface area (Å²) in [6.07, 6.45) is 2.57. The van der Waals surface area contributed by atoms with Gasteiger partial charge in [0.2, 0.25) is 0 Å². The molecule has 1 heterocycles. The minimum Gasteiger partial charge on any atom is -0.489 e. The Morgan fingerprint density at radius 3 is 3.00 bits per heavy atom. The lowest BCUT2D eigenvalue weighted by atomic mass is 9.99. The summed E-state index contributed by atoms with van der Waals surface area (Å²) in [6, 6.07) is 6.55. The van der Waals surface area contributed by atoms with Crippen LogP contribution in [0.3, 0.4) is 0 Å². The summed E-state index contributed by atoms with van der Waals surface area (Å²) in [6.45, 7) is 4.69. The SMILES string of the molecule is CN(CCOc1ccccc1F)CC1CCCNC1. The van der Waals surface area contributed by atoms with Crippen LogP contribution in [0.15, 0.2) is 24.3 Å². The van der Waals surface area contributed by atoms with Gasteiger partial charge in [0, 0.05) is 13.1 Å². The fraction of sp³-hybridized carbons (Fsp3) is 0.600. The van der Waals surface area contributed by atoms with Gasteiger partial charge >= 0.3 is 0 Å². The number of hydrogen-bond donors (Lipinski definition) is 1. The van der Waals surface area contributed by atoms with Crippen LogP contribution in [-0.2, 0) is 0 Å². The molecule has 1 aromatic carbocycles. The molecule has 2 rings (SSSR count). The number of ether oxygens (including phenoxy) is 1. The van der Waals surface area contributed by atoms with E-state index in [0.29, 0.717) is 12.4 Å². The van der Waals surface area contributed by atoms with Crippen molar-refractivity contribution in [1.29, 1.82) is 0 Å². The van der Waals surface area contributed by atoms with Crippen molar-refractivity contribution in [2.75, 3.05) is 39.8 Å². The summed E-state index contributed by atoms with van der Waals surface area (Å²) in [7, 11) is 2.10. The lowest BCUT2D eigenvalue weighted by Crippen LogP contribution is -2.38. The molecule has 1 N–H and O–H groups in total. The average molecular weight is 266 g/mol. The van der Waals surface area contributed by atoms with E-state index in [0.717, 1.165) is 32.1 Å². The van der Waals surface area contributed by atoms with E-state index in [1.165, 1.54) is 18.9 Å². The zero-order valence-corrected chi connectivity index (χ0v) is 11.6. The molecule has 106 valence electrons. The van der Waals surface area contributed by atoms with Crippen LogP contribution in [0.1, 0.15) is 12.8 Å². The minimum absolute atomic E-state index is 0.290. The zero-order chi connectivity index (χ0) is 13.5. The van der Waals surface area contributed by atoms with E-state index in [1.54, 1.807) is 18.2 Å². The van der Waals surface area contributed by atoms with Crippen LogP contribution in [0.4, 0.5) is 4.39 Å². The number of piperidine rings is 1. The first-order chi connectivity index (χ1) is 9.25. The van der Waals surface area contributed by atoms with E-state index in [2.05, 4.69) is 17.3 Å². The number of likely N-dealkylation sites (N-methyl/N-ethyl adjacent to an activating group) is 1. The van der Waals surface area contributed by atoms with Crippen molar-refractivity contribution in [3.63, 3.8) is 0 Å². The van der Waals surface area contributed by atoms with E-state index < -0.39 is 0 Å². The first kappa shape index (κ1) is 14.3. The summed E-state index contributed by atoms with van der Waals surface area (Å²) in [4.78, 5) is 2.26. The Labute approximate surface area is 114 Å². The van der Waals surface area contributed by atoms with Crippen LogP contribution in [0.2, 0.25) is 0 Å². The first-order valence-corrected chi connectivity index (χ1v) is 7.02. The third-order valence-electron chi connectivity index (χ3n) is 3.54. The van der Waals surface area contributed by atoms with Gasteiger partial charge in [0.1, 0.15) is 6.61 Å². The van der Waals surface area contributed by atoms with Gasteiger partial charge < -0.3 is 15.0 Å². The Morgan fingerprint density at radius 2 is 2.26 bits per heavy atom. The fourth-order valence-electron chi connectivity index (χ4n) is 2.49. The van der Waals surface area contributed by atoms with Crippen molar-refractivity contribution in [1.82, 2.24) is 10.2 Å². The summed E-state index contributed by atoms with van der Waals surface area (Å²) in [5.74, 6) is 0.782. The van der Waals surface area contributed by atoms with E-state index in [4.69, 9.17) is 4.74 Å². The number of hydrogen-bond acceptors (Lipinski definition) is 3. The molecule has 0 bridgehead atoms. The predicted octanol–water partition coefficient (Wildman–Crippen LogP) is 2.14. The largest absolute Gasteiger partial charge is 0.489 e. The smallest absolute Gasteiger partial charge is 0.165 e. The number of halogens is 1. The lowest BCUT2D eigenvalue weighted by Gasteiger charge is -2.27. The van der Waals surface area contributed by atoms with Crippen molar-refractivity contribution in [3.8, 4) is 5.75 Å². The molecule has 4 heteroatoms. The maximum atomic E-state index is 13.3. The number of benzene rings is 1. The van der Waals surface area contributed by atoms with Crippen LogP contribution in [0, 0.1) is 11.7 Å². The Morgan fingerprint density at radius 1 is 1.42 bits per heavy atom. The standard InChI is InChI=1S/C15H23FN2O/c1-18(12-13-5-4-8-17-11-13)9-10-19-15-7-3-2-6-14(15)16/h2-3,6-7,13,17H,4-5,8-12H2,1H3. The zero-order valence-electron chi connectivity index (χ0n) is 11.6. The molecular weight excluding hydrogens is 243 g/mol. The van der Waals surface area contributed by atoms with Gasteiger partial charge in [0.25, 0.3) is 0 Å². The maximum absolute atomic E-state index is 13.3. The summed E-state index contributed by atoms with van der Waals surface area (Å²) >= 11 is 0. The van der Waals surface area contributed by atoms with E-state index in [9.17, 15) is 4.39 Å². The van der Waals surface area contributed by atoms with Gasteiger partial charge in [-0.25, -0.2) is 4.39 Å². The number of para-hydroxylation sites is 1. The Bertz CT molecular complexity index is 380. The van der Waals surface area contributed by atoms with Gasteiger partial charge in [-0.2, -0.15) is 0 Å². The summed E-state index contributed by atoms with van der Waals surface area (Å²) < 4.78 is 18.8. The first-order valence-electron chi connectivity index (χ1n) is 7.02. The molecule has 19 heavy (non-hydrogen) atoms. The van der Waals surface area contributed by atoms with Crippen LogP contribution >= 0.6 is 0 Å². The molecule has 3 nitrogen and oxygen atoms in total. The molecule has 1 unspecified atom stereocenters. The second-order valence-electron chi connectivity index (χ2n) is 5.25. The Balaban J connectivity index is 1.66. The lowest BCUT2D eigenvalue weighted by molar-refractivity contribution is 0.197. The Kier molecular flexibility index (Phi) is 5.61. The van der Waals surface area contributed by atoms with E-state index >= 15 is 0 Å². The van der Waals surface area contributed by atoms with Crippen molar-refractivity contribution < 1.29 is 9.13 Å². The van der Waals surface area contributed by atoms with Crippen LogP contribution in [0.5, 0.6) is 5.75 Å². The molecule has 1 fully saturated rings.